The lowest BCUT2D eigenvalue weighted by atomic mass is 10.0. The van der Waals surface area contributed by atoms with Crippen molar-refractivity contribution in [3.05, 3.63) is 70.8 Å². The fourth-order valence-corrected chi connectivity index (χ4v) is 4.59. The first-order valence-electron chi connectivity index (χ1n) is 14.8. The fourth-order valence-electron chi connectivity index (χ4n) is 4.59. The summed E-state index contributed by atoms with van der Waals surface area (Å²) in [4.78, 5) is 26.8. The van der Waals surface area contributed by atoms with Gasteiger partial charge in [-0.1, -0.05) is 25.1 Å². The van der Waals surface area contributed by atoms with Gasteiger partial charge in [0.15, 0.2) is 44.4 Å². The number of hydrogen-bond acceptors (Lipinski definition) is 12. The third-order valence-corrected chi connectivity index (χ3v) is 6.66. The Morgan fingerprint density at radius 3 is 1.91 bits per heavy atom. The summed E-state index contributed by atoms with van der Waals surface area (Å²) in [5.74, 6) is 0.519. The molecular formula is C34H43NO12. The topological polar surface area (TPSA) is 138 Å². The van der Waals surface area contributed by atoms with Crippen LogP contribution in [-0.4, -0.2) is 80.7 Å². The van der Waals surface area contributed by atoms with Gasteiger partial charge in [0.1, 0.15) is 23.2 Å². The van der Waals surface area contributed by atoms with Gasteiger partial charge in [0.05, 0.1) is 12.8 Å². The number of methoxy groups -OCH3 is 5. The van der Waals surface area contributed by atoms with Crippen LogP contribution < -0.4 is 29.0 Å². The Bertz CT molecular complexity index is 1450. The third-order valence-electron chi connectivity index (χ3n) is 6.66. The number of anilines is 1. The first-order valence-corrected chi connectivity index (χ1v) is 14.8. The number of hydrogen-bond donors (Lipinski definition) is 1. The fraction of sp³-hybridized carbons (Fsp3) is 0.412. The molecule has 3 aromatic rings. The summed E-state index contributed by atoms with van der Waals surface area (Å²) in [7, 11) is 7.41. The van der Waals surface area contributed by atoms with E-state index in [1.165, 1.54) is 35.5 Å². The van der Waals surface area contributed by atoms with Gasteiger partial charge in [-0.25, -0.2) is 4.79 Å². The molecule has 3 aromatic carbocycles. The average molecular weight is 658 g/mol. The van der Waals surface area contributed by atoms with Crippen LogP contribution in [0.4, 0.5) is 5.69 Å². The van der Waals surface area contributed by atoms with E-state index in [1.807, 2.05) is 13.0 Å². The van der Waals surface area contributed by atoms with Crippen molar-refractivity contribution in [2.45, 2.75) is 32.8 Å². The summed E-state index contributed by atoms with van der Waals surface area (Å²) in [5, 5.41) is 2.89. The van der Waals surface area contributed by atoms with E-state index in [1.54, 1.807) is 49.4 Å². The molecule has 1 unspecified atom stereocenters. The summed E-state index contributed by atoms with van der Waals surface area (Å²) in [6.45, 7) is 3.33. The van der Waals surface area contributed by atoms with Crippen LogP contribution in [0.2, 0.25) is 0 Å². The van der Waals surface area contributed by atoms with Crippen molar-refractivity contribution in [1.82, 2.24) is 0 Å². The van der Waals surface area contributed by atoms with Crippen molar-refractivity contribution < 1.29 is 57.0 Å². The van der Waals surface area contributed by atoms with E-state index < -0.39 is 12.1 Å². The Morgan fingerprint density at radius 1 is 0.723 bits per heavy atom. The highest BCUT2D eigenvalue weighted by atomic mass is 16.7. The maximum absolute atomic E-state index is 13.6. The number of carbonyl (C=O) groups is 2. The number of amides is 1. The number of esters is 1. The molecule has 0 bridgehead atoms. The van der Waals surface area contributed by atoms with Gasteiger partial charge in [0, 0.05) is 58.1 Å². The van der Waals surface area contributed by atoms with Gasteiger partial charge in [-0.05, 0) is 37.1 Å². The average Bonchev–Trinajstić information content (AvgIpc) is 3.08. The van der Waals surface area contributed by atoms with Crippen molar-refractivity contribution in [2.24, 2.45) is 0 Å². The molecular weight excluding hydrogens is 614 g/mol. The zero-order valence-corrected chi connectivity index (χ0v) is 27.8. The Kier molecular flexibility index (Phi) is 15.1. The zero-order chi connectivity index (χ0) is 34.2. The van der Waals surface area contributed by atoms with Gasteiger partial charge in [-0.3, -0.25) is 4.79 Å². The van der Waals surface area contributed by atoms with Gasteiger partial charge in [0.2, 0.25) is 0 Å². The molecule has 0 aliphatic rings. The predicted octanol–water partition coefficient (Wildman–Crippen LogP) is 5.23. The van der Waals surface area contributed by atoms with E-state index in [9.17, 15) is 9.59 Å². The second-order valence-corrected chi connectivity index (χ2v) is 10.0. The molecule has 0 aliphatic carbocycles. The Hall–Kier alpha value is -4.56. The van der Waals surface area contributed by atoms with Crippen molar-refractivity contribution in [1.29, 1.82) is 0 Å². The van der Waals surface area contributed by atoms with Crippen molar-refractivity contribution in [3.8, 4) is 28.7 Å². The molecule has 1 atom stereocenters. The number of nitrogens with one attached hydrogen (secondary N) is 1. The van der Waals surface area contributed by atoms with Crippen LogP contribution >= 0.6 is 0 Å². The van der Waals surface area contributed by atoms with Crippen LogP contribution in [0.15, 0.2) is 48.5 Å². The number of aryl methyl sites for hydroxylation is 1. The summed E-state index contributed by atoms with van der Waals surface area (Å²) in [5.41, 5.74) is 2.11. The van der Waals surface area contributed by atoms with E-state index in [2.05, 4.69) is 5.32 Å². The molecule has 13 heteroatoms. The summed E-state index contributed by atoms with van der Waals surface area (Å²) >= 11 is 0. The standard InChI is InChI=1S/C34H43NO12/c1-8-23-15-25(29(44-19-39-4)17-28(23)43-18-38-3)34(37)47-22(2)14-26-31(46-21-41-6)27(16-30(32(26)42-7)45-20-40-5)35-33(36)24-12-10-9-11-13-24/h9-13,15-17,22H,8,14,18-21H2,1-7H3,(H,35,36). The van der Waals surface area contributed by atoms with E-state index >= 15 is 0 Å². The molecule has 0 saturated carbocycles. The van der Waals surface area contributed by atoms with E-state index in [-0.39, 0.29) is 68.0 Å². The maximum atomic E-state index is 13.6. The molecule has 0 radical (unpaired) electrons. The maximum Gasteiger partial charge on any atom is 0.342 e. The van der Waals surface area contributed by atoms with Crippen molar-refractivity contribution >= 4 is 17.6 Å². The molecule has 0 aliphatic heterocycles. The van der Waals surface area contributed by atoms with Crippen molar-refractivity contribution in [2.75, 3.05) is 68.0 Å². The molecule has 13 nitrogen and oxygen atoms in total. The van der Waals surface area contributed by atoms with E-state index in [0.717, 1.165) is 5.56 Å². The molecule has 0 saturated heterocycles. The molecule has 0 fully saturated rings. The van der Waals surface area contributed by atoms with Gasteiger partial charge in [-0.15, -0.1) is 0 Å². The second kappa shape index (κ2) is 19.2. The summed E-state index contributed by atoms with van der Waals surface area (Å²) in [6, 6.07) is 13.5. The lowest BCUT2D eigenvalue weighted by molar-refractivity contribution is 0.0294. The molecule has 0 spiro atoms. The SMILES string of the molecule is CCc1cc(C(=O)OC(C)Cc2c(OCOC)c(NC(=O)c3ccccc3)cc(OCOC)c2OC)c(OCOC)cc1OCOC. The zero-order valence-electron chi connectivity index (χ0n) is 27.8. The lowest BCUT2D eigenvalue weighted by Gasteiger charge is -2.23. The number of ether oxygens (including phenoxy) is 10. The Labute approximate surface area is 274 Å². The van der Waals surface area contributed by atoms with E-state index in [0.29, 0.717) is 29.0 Å². The lowest BCUT2D eigenvalue weighted by Crippen LogP contribution is -2.21. The normalized spacial score (nSPS) is 11.4. The van der Waals surface area contributed by atoms with E-state index in [4.69, 9.17) is 47.4 Å². The quantitative estimate of drug-likeness (QED) is 0.126. The van der Waals surface area contributed by atoms with Crippen LogP contribution in [0.3, 0.4) is 0 Å². The molecule has 3 rings (SSSR count). The molecule has 47 heavy (non-hydrogen) atoms. The molecule has 0 heterocycles. The highest BCUT2D eigenvalue weighted by Crippen LogP contribution is 2.45. The monoisotopic (exact) mass is 657 g/mol. The van der Waals surface area contributed by atoms with Crippen LogP contribution in [-0.2, 0) is 36.5 Å². The van der Waals surface area contributed by atoms with Crippen LogP contribution in [0.5, 0.6) is 28.7 Å². The summed E-state index contributed by atoms with van der Waals surface area (Å²) in [6.07, 6.45) is -0.0693. The van der Waals surface area contributed by atoms with Gasteiger partial charge in [0.25, 0.3) is 5.91 Å². The Balaban J connectivity index is 2.02. The van der Waals surface area contributed by atoms with Gasteiger partial charge < -0.3 is 52.7 Å². The molecule has 1 N–H and O–H groups in total. The first kappa shape index (κ1) is 36.9. The number of carbonyl (C=O) groups excluding carboxylic acids is 2. The second-order valence-electron chi connectivity index (χ2n) is 10.0. The number of benzene rings is 3. The molecule has 0 aromatic heterocycles. The first-order chi connectivity index (χ1) is 22.8. The minimum Gasteiger partial charge on any atom is -0.492 e. The summed E-state index contributed by atoms with van der Waals surface area (Å²) < 4.78 is 55.3. The minimum absolute atomic E-state index is 0.0216. The highest BCUT2D eigenvalue weighted by molar-refractivity contribution is 6.05. The van der Waals surface area contributed by atoms with Crippen LogP contribution in [0.25, 0.3) is 0 Å². The predicted molar refractivity (Wildman–Crippen MR) is 172 cm³/mol. The smallest absolute Gasteiger partial charge is 0.342 e. The van der Waals surface area contributed by atoms with Crippen LogP contribution in [0, 0.1) is 0 Å². The van der Waals surface area contributed by atoms with Gasteiger partial charge in [-0.2, -0.15) is 0 Å². The van der Waals surface area contributed by atoms with Gasteiger partial charge >= 0.3 is 5.97 Å². The highest BCUT2D eigenvalue weighted by Gasteiger charge is 2.27. The minimum atomic E-state index is -0.735. The molecule has 1 amide bonds. The van der Waals surface area contributed by atoms with Crippen molar-refractivity contribution in [3.63, 3.8) is 0 Å². The molecule has 256 valence electrons. The Morgan fingerprint density at radius 2 is 1.32 bits per heavy atom. The third kappa shape index (κ3) is 10.2. The van der Waals surface area contributed by atoms with Crippen LogP contribution in [0.1, 0.15) is 45.7 Å². The largest absolute Gasteiger partial charge is 0.492 e. The number of rotatable bonds is 20.